The number of rotatable bonds is 3. The Kier molecular flexibility index (Phi) is 3.93. The average Bonchev–Trinajstić information content (AvgIpc) is 3.09. The molecular weight excluding hydrogens is 386 g/mol. The number of methoxy groups -OCH3 is 2. The second kappa shape index (κ2) is 5.79. The van der Waals surface area contributed by atoms with Crippen LogP contribution in [-0.2, 0) is 9.47 Å². The quantitative estimate of drug-likeness (QED) is 0.506. The number of aliphatic hydroxyl groups excluding tert-OH is 2. The molecule has 5 saturated carbocycles. The zero-order chi connectivity index (χ0) is 21.4. The molecule has 5 aliphatic carbocycles. The second-order valence-electron chi connectivity index (χ2n) is 11.6. The second-order valence-corrected chi connectivity index (χ2v) is 11.6. The van der Waals surface area contributed by atoms with Crippen LogP contribution in [0.2, 0.25) is 0 Å². The lowest BCUT2D eigenvalue weighted by Gasteiger charge is -2.69. The van der Waals surface area contributed by atoms with Gasteiger partial charge in [0.05, 0.1) is 30.5 Å². The Hall–Kier alpha value is -0.280. The predicted octanol–water partition coefficient (Wildman–Crippen LogP) is -0.00960. The lowest BCUT2D eigenvalue weighted by atomic mass is 9.43. The molecular formula is C23H37NO6. The molecule has 1 aliphatic heterocycles. The Balaban J connectivity index is 1.68. The van der Waals surface area contributed by atoms with E-state index >= 15 is 0 Å². The van der Waals surface area contributed by atoms with Crippen molar-refractivity contribution in [3.63, 3.8) is 0 Å². The van der Waals surface area contributed by atoms with Crippen LogP contribution in [-0.4, -0.2) is 94.3 Å². The van der Waals surface area contributed by atoms with Crippen molar-refractivity contribution in [3.8, 4) is 0 Å². The molecule has 1 saturated heterocycles. The summed E-state index contributed by atoms with van der Waals surface area (Å²) in [4.78, 5) is 2.31. The van der Waals surface area contributed by atoms with Crippen molar-refractivity contribution in [1.82, 2.24) is 4.90 Å². The smallest absolute Gasteiger partial charge is 0.136 e. The first-order chi connectivity index (χ1) is 14.2. The van der Waals surface area contributed by atoms with Crippen molar-refractivity contribution in [3.05, 3.63) is 0 Å². The summed E-state index contributed by atoms with van der Waals surface area (Å²) in [5.74, 6) is -0.656. The molecule has 0 aromatic carbocycles. The number of likely N-dealkylation sites (tertiary alicyclic amines) is 1. The van der Waals surface area contributed by atoms with E-state index in [1.54, 1.807) is 14.2 Å². The van der Waals surface area contributed by atoms with Crippen LogP contribution in [0.15, 0.2) is 0 Å². The van der Waals surface area contributed by atoms with Crippen molar-refractivity contribution in [2.45, 2.75) is 81.2 Å². The number of piperidine rings is 1. The molecule has 6 rings (SSSR count). The summed E-state index contributed by atoms with van der Waals surface area (Å²) in [6.45, 7) is 5.96. The standard InChI is InChI=1S/C23H37NO6/c1-5-24-10-20(2)7-6-14(25)22-12-8-11-13(29-3)9-21(27,15(12)16(11)26)23(28,19(22)24)18(30-4)17(20)22/h11-19,25-28H,5-10H2,1-4H3/t11-,12-,13+,14+,15-,16+,17-,18+,19-,20+,21-,22+,23-/m1/s1. The number of ether oxygens (including phenoxy) is 2. The van der Waals surface area contributed by atoms with Crippen molar-refractivity contribution < 1.29 is 29.9 Å². The van der Waals surface area contributed by atoms with E-state index in [4.69, 9.17) is 9.47 Å². The van der Waals surface area contributed by atoms with Crippen molar-refractivity contribution in [2.24, 2.45) is 34.5 Å². The highest BCUT2D eigenvalue weighted by atomic mass is 16.5. The van der Waals surface area contributed by atoms with E-state index in [0.29, 0.717) is 12.8 Å². The van der Waals surface area contributed by atoms with Gasteiger partial charge in [0.25, 0.3) is 0 Å². The molecule has 0 unspecified atom stereocenters. The molecule has 1 spiro atoms. The zero-order valence-corrected chi connectivity index (χ0v) is 18.5. The fourth-order valence-corrected chi connectivity index (χ4v) is 10.4. The molecule has 4 N–H and O–H groups in total. The lowest BCUT2D eigenvalue weighted by molar-refractivity contribution is -0.315. The fraction of sp³-hybridized carbons (Fsp3) is 1.00. The van der Waals surface area contributed by atoms with E-state index in [1.807, 2.05) is 0 Å². The van der Waals surface area contributed by atoms with Crippen LogP contribution in [0.25, 0.3) is 0 Å². The van der Waals surface area contributed by atoms with Crippen molar-refractivity contribution >= 4 is 0 Å². The lowest BCUT2D eigenvalue weighted by Crippen LogP contribution is -2.81. The molecule has 30 heavy (non-hydrogen) atoms. The molecule has 13 atom stereocenters. The highest BCUT2D eigenvalue weighted by molar-refractivity contribution is 5.40. The molecule has 0 amide bonds. The van der Waals surface area contributed by atoms with Crippen LogP contribution >= 0.6 is 0 Å². The SMILES string of the molecule is CCN1C[C@]2(C)CC[C@H](O)[C@]34[C@@H]5C[C@H]6[C@H](O)[C@@H]5[C@](O)(C[C@@H]6OC)[C@](O)([C@H]13)[C@@H](OC)[C@H]24. The van der Waals surface area contributed by atoms with E-state index in [-0.39, 0.29) is 35.3 Å². The number of hydrogen-bond acceptors (Lipinski definition) is 7. The number of fused-ring (bicyclic) bond motifs is 2. The van der Waals surface area contributed by atoms with E-state index in [1.165, 1.54) is 0 Å². The van der Waals surface area contributed by atoms with Gasteiger partial charge in [0.1, 0.15) is 11.2 Å². The topological polar surface area (TPSA) is 103 Å². The number of likely N-dealkylation sites (N-methyl/N-ethyl adjacent to an activating group) is 1. The molecule has 0 aromatic heterocycles. The van der Waals surface area contributed by atoms with Crippen LogP contribution in [0.1, 0.15) is 39.5 Å². The third-order valence-corrected chi connectivity index (χ3v) is 11.0. The van der Waals surface area contributed by atoms with Crippen LogP contribution in [0.5, 0.6) is 0 Å². The van der Waals surface area contributed by atoms with Gasteiger partial charge in [-0.15, -0.1) is 0 Å². The maximum Gasteiger partial charge on any atom is 0.136 e. The Morgan fingerprint density at radius 2 is 1.87 bits per heavy atom. The van der Waals surface area contributed by atoms with E-state index in [9.17, 15) is 20.4 Å². The Bertz CT molecular complexity index is 766. The first kappa shape index (κ1) is 20.3. The van der Waals surface area contributed by atoms with Gasteiger partial charge in [0.2, 0.25) is 0 Å². The van der Waals surface area contributed by atoms with Crippen molar-refractivity contribution in [2.75, 3.05) is 27.3 Å². The van der Waals surface area contributed by atoms with Gasteiger partial charge in [-0.2, -0.15) is 0 Å². The Labute approximate surface area is 178 Å². The number of hydrogen-bond donors (Lipinski definition) is 4. The van der Waals surface area contributed by atoms with Gasteiger partial charge in [-0.05, 0) is 37.1 Å². The van der Waals surface area contributed by atoms with Crippen LogP contribution in [0.4, 0.5) is 0 Å². The van der Waals surface area contributed by atoms with Crippen LogP contribution < -0.4 is 0 Å². The predicted molar refractivity (Wildman–Crippen MR) is 108 cm³/mol. The monoisotopic (exact) mass is 423 g/mol. The van der Waals surface area contributed by atoms with Crippen LogP contribution in [0.3, 0.4) is 0 Å². The normalized spacial score (nSPS) is 65.8. The molecule has 7 bridgehead atoms. The summed E-state index contributed by atoms with van der Waals surface area (Å²) < 4.78 is 11.8. The maximum absolute atomic E-state index is 12.7. The largest absolute Gasteiger partial charge is 0.392 e. The summed E-state index contributed by atoms with van der Waals surface area (Å²) >= 11 is 0. The summed E-state index contributed by atoms with van der Waals surface area (Å²) in [6.07, 6.45) is 0.370. The molecule has 6 fully saturated rings. The van der Waals surface area contributed by atoms with Crippen molar-refractivity contribution in [1.29, 1.82) is 0 Å². The molecule has 0 aromatic rings. The molecule has 7 nitrogen and oxygen atoms in total. The minimum atomic E-state index is -1.57. The first-order valence-electron chi connectivity index (χ1n) is 11.8. The van der Waals surface area contributed by atoms with E-state index in [0.717, 1.165) is 25.9 Å². The molecule has 0 radical (unpaired) electrons. The summed E-state index contributed by atoms with van der Waals surface area (Å²) in [5, 5.41) is 48.1. The van der Waals surface area contributed by atoms with Gasteiger partial charge in [-0.3, -0.25) is 4.90 Å². The van der Waals surface area contributed by atoms with Gasteiger partial charge in [-0.1, -0.05) is 13.8 Å². The highest BCUT2D eigenvalue weighted by Gasteiger charge is 2.90. The summed E-state index contributed by atoms with van der Waals surface area (Å²) in [7, 11) is 3.26. The van der Waals surface area contributed by atoms with Gasteiger partial charge in [0, 0.05) is 50.4 Å². The molecule has 1 heterocycles. The maximum atomic E-state index is 12.7. The third kappa shape index (κ3) is 1.74. The Morgan fingerprint density at radius 3 is 2.50 bits per heavy atom. The van der Waals surface area contributed by atoms with Gasteiger partial charge in [0.15, 0.2) is 0 Å². The van der Waals surface area contributed by atoms with Gasteiger partial charge < -0.3 is 29.9 Å². The Morgan fingerprint density at radius 1 is 1.13 bits per heavy atom. The average molecular weight is 424 g/mol. The minimum absolute atomic E-state index is 0.0527. The summed E-state index contributed by atoms with van der Waals surface area (Å²) in [5.41, 5.74) is -3.79. The molecule has 7 heteroatoms. The van der Waals surface area contributed by atoms with Gasteiger partial charge >= 0.3 is 0 Å². The minimum Gasteiger partial charge on any atom is -0.392 e. The van der Waals surface area contributed by atoms with E-state index in [2.05, 4.69) is 18.7 Å². The first-order valence-corrected chi connectivity index (χ1v) is 11.8. The van der Waals surface area contributed by atoms with Gasteiger partial charge in [-0.25, -0.2) is 0 Å². The number of aliphatic hydroxyl groups is 4. The number of nitrogens with zero attached hydrogens (tertiary/aromatic N) is 1. The highest BCUT2D eigenvalue weighted by Crippen LogP contribution is 2.80. The molecule has 6 aliphatic rings. The third-order valence-electron chi connectivity index (χ3n) is 11.0. The zero-order valence-electron chi connectivity index (χ0n) is 18.5. The molecule has 170 valence electrons. The summed E-state index contributed by atoms with van der Waals surface area (Å²) in [6, 6.07) is -0.388. The fourth-order valence-electron chi connectivity index (χ4n) is 10.4. The van der Waals surface area contributed by atoms with E-state index < -0.39 is 40.8 Å². The van der Waals surface area contributed by atoms with Crippen LogP contribution in [0, 0.1) is 34.5 Å².